The highest BCUT2D eigenvalue weighted by atomic mass is 16.5. The number of esters is 1. The molecule has 0 fully saturated rings. The Hall–Kier alpha value is -2.46. The zero-order valence-corrected chi connectivity index (χ0v) is 13.6. The van der Waals surface area contributed by atoms with Crippen LogP contribution in [-0.4, -0.2) is 29.5 Å². The van der Waals surface area contributed by atoms with Crippen molar-refractivity contribution in [3.8, 4) is 0 Å². The number of rotatable bonds is 7. The minimum absolute atomic E-state index is 0.346. The maximum Gasteiger partial charge on any atom is 0.330 e. The van der Waals surface area contributed by atoms with E-state index in [4.69, 9.17) is 4.74 Å². The highest BCUT2D eigenvalue weighted by molar-refractivity contribution is 5.86. The predicted molar refractivity (Wildman–Crippen MR) is 91.5 cm³/mol. The summed E-state index contributed by atoms with van der Waals surface area (Å²) in [4.78, 5) is 18.0. The Balaban J connectivity index is 2.03. The molecule has 0 aliphatic carbocycles. The number of pyridine rings is 1. The SMILES string of the molecule is CCOC(=O)/C=C/c1ncccc1CN(C)Cc1ccccc1. The minimum atomic E-state index is -0.346. The van der Waals surface area contributed by atoms with Gasteiger partial charge in [0.15, 0.2) is 0 Å². The van der Waals surface area contributed by atoms with Crippen LogP contribution in [0, 0.1) is 0 Å². The summed E-state index contributed by atoms with van der Waals surface area (Å²) in [5.74, 6) is -0.346. The van der Waals surface area contributed by atoms with Gasteiger partial charge in [0.25, 0.3) is 0 Å². The van der Waals surface area contributed by atoms with Crippen LogP contribution in [0.4, 0.5) is 0 Å². The van der Waals surface area contributed by atoms with Crippen LogP contribution in [-0.2, 0) is 22.6 Å². The molecular formula is C19H22N2O2. The van der Waals surface area contributed by atoms with E-state index in [9.17, 15) is 4.79 Å². The lowest BCUT2D eigenvalue weighted by Gasteiger charge is -2.17. The fourth-order valence-corrected chi connectivity index (χ4v) is 2.31. The molecule has 0 unspecified atom stereocenters. The summed E-state index contributed by atoms with van der Waals surface area (Å²) >= 11 is 0. The number of aromatic nitrogens is 1. The summed E-state index contributed by atoms with van der Waals surface area (Å²) in [5, 5.41) is 0. The van der Waals surface area contributed by atoms with E-state index in [0.29, 0.717) is 6.61 Å². The lowest BCUT2D eigenvalue weighted by molar-refractivity contribution is -0.137. The molecule has 0 bridgehead atoms. The van der Waals surface area contributed by atoms with E-state index in [0.717, 1.165) is 24.3 Å². The second-order valence-corrected chi connectivity index (χ2v) is 5.29. The molecule has 0 saturated carbocycles. The van der Waals surface area contributed by atoms with Crippen molar-refractivity contribution in [3.05, 3.63) is 71.6 Å². The second-order valence-electron chi connectivity index (χ2n) is 5.29. The van der Waals surface area contributed by atoms with Crippen molar-refractivity contribution in [2.24, 2.45) is 0 Å². The Labute approximate surface area is 137 Å². The second kappa shape index (κ2) is 8.86. The van der Waals surface area contributed by atoms with Gasteiger partial charge in [0.1, 0.15) is 0 Å². The fraction of sp³-hybridized carbons (Fsp3) is 0.263. The Morgan fingerprint density at radius 1 is 1.17 bits per heavy atom. The van der Waals surface area contributed by atoms with Gasteiger partial charge in [-0.1, -0.05) is 36.4 Å². The fourth-order valence-electron chi connectivity index (χ4n) is 2.31. The highest BCUT2D eigenvalue weighted by Crippen LogP contribution is 2.12. The number of carbonyl (C=O) groups is 1. The topological polar surface area (TPSA) is 42.4 Å². The Morgan fingerprint density at radius 2 is 1.96 bits per heavy atom. The van der Waals surface area contributed by atoms with E-state index in [1.165, 1.54) is 11.6 Å². The molecular weight excluding hydrogens is 288 g/mol. The van der Waals surface area contributed by atoms with Gasteiger partial charge in [-0.3, -0.25) is 9.88 Å². The molecule has 0 amide bonds. The first kappa shape index (κ1) is 16.9. The van der Waals surface area contributed by atoms with Crippen molar-refractivity contribution >= 4 is 12.0 Å². The third-order valence-corrected chi connectivity index (χ3v) is 3.33. The molecule has 0 atom stereocenters. The first-order chi connectivity index (χ1) is 11.2. The summed E-state index contributed by atoms with van der Waals surface area (Å²) in [6.45, 7) is 3.77. The van der Waals surface area contributed by atoms with Crippen molar-refractivity contribution in [1.29, 1.82) is 0 Å². The minimum Gasteiger partial charge on any atom is -0.463 e. The molecule has 1 aromatic heterocycles. The molecule has 0 saturated heterocycles. The van der Waals surface area contributed by atoms with E-state index in [2.05, 4.69) is 29.1 Å². The Bertz CT molecular complexity index is 653. The zero-order valence-electron chi connectivity index (χ0n) is 13.6. The summed E-state index contributed by atoms with van der Waals surface area (Å²) in [5.41, 5.74) is 3.13. The van der Waals surface area contributed by atoms with Crippen LogP contribution in [0.15, 0.2) is 54.7 Å². The largest absolute Gasteiger partial charge is 0.463 e. The maximum atomic E-state index is 11.4. The monoisotopic (exact) mass is 310 g/mol. The number of ether oxygens (including phenoxy) is 1. The lowest BCUT2D eigenvalue weighted by atomic mass is 10.1. The predicted octanol–water partition coefficient (Wildman–Crippen LogP) is 3.29. The third-order valence-electron chi connectivity index (χ3n) is 3.33. The quantitative estimate of drug-likeness (QED) is 0.581. The van der Waals surface area contributed by atoms with E-state index in [1.807, 2.05) is 30.3 Å². The van der Waals surface area contributed by atoms with Gasteiger partial charge >= 0.3 is 5.97 Å². The van der Waals surface area contributed by atoms with Crippen molar-refractivity contribution < 1.29 is 9.53 Å². The molecule has 120 valence electrons. The maximum absolute atomic E-state index is 11.4. The van der Waals surface area contributed by atoms with Gasteiger partial charge in [0, 0.05) is 25.4 Å². The smallest absolute Gasteiger partial charge is 0.330 e. The first-order valence-electron chi connectivity index (χ1n) is 7.70. The molecule has 0 aliphatic heterocycles. The summed E-state index contributed by atoms with van der Waals surface area (Å²) in [6, 6.07) is 14.3. The molecule has 4 heteroatoms. The molecule has 2 aromatic rings. The van der Waals surface area contributed by atoms with Crippen molar-refractivity contribution in [2.75, 3.05) is 13.7 Å². The van der Waals surface area contributed by atoms with Crippen LogP contribution >= 0.6 is 0 Å². The Morgan fingerprint density at radius 3 is 2.70 bits per heavy atom. The van der Waals surface area contributed by atoms with Gasteiger partial charge < -0.3 is 4.74 Å². The molecule has 4 nitrogen and oxygen atoms in total. The molecule has 0 spiro atoms. The molecule has 0 N–H and O–H groups in total. The van der Waals surface area contributed by atoms with E-state index >= 15 is 0 Å². The van der Waals surface area contributed by atoms with Gasteiger partial charge in [0.05, 0.1) is 12.3 Å². The molecule has 0 radical (unpaired) electrons. The lowest BCUT2D eigenvalue weighted by Crippen LogP contribution is -2.18. The van der Waals surface area contributed by atoms with Crippen LogP contribution in [0.2, 0.25) is 0 Å². The third kappa shape index (κ3) is 5.68. The van der Waals surface area contributed by atoms with Crippen molar-refractivity contribution in [2.45, 2.75) is 20.0 Å². The number of hydrogen-bond acceptors (Lipinski definition) is 4. The molecule has 1 aromatic carbocycles. The van der Waals surface area contributed by atoms with Crippen LogP contribution in [0.5, 0.6) is 0 Å². The van der Waals surface area contributed by atoms with Crippen LogP contribution in [0.25, 0.3) is 6.08 Å². The van der Waals surface area contributed by atoms with Gasteiger partial charge in [0.2, 0.25) is 0 Å². The molecule has 23 heavy (non-hydrogen) atoms. The highest BCUT2D eigenvalue weighted by Gasteiger charge is 2.06. The first-order valence-corrected chi connectivity index (χ1v) is 7.70. The van der Waals surface area contributed by atoms with Crippen LogP contribution < -0.4 is 0 Å². The number of hydrogen-bond donors (Lipinski definition) is 0. The Kier molecular flexibility index (Phi) is 6.51. The number of carbonyl (C=O) groups excluding carboxylic acids is 1. The van der Waals surface area contributed by atoms with Gasteiger partial charge in [-0.15, -0.1) is 0 Å². The van der Waals surface area contributed by atoms with Crippen molar-refractivity contribution in [1.82, 2.24) is 9.88 Å². The average molecular weight is 310 g/mol. The van der Waals surface area contributed by atoms with E-state index in [1.54, 1.807) is 19.2 Å². The van der Waals surface area contributed by atoms with Gasteiger partial charge in [-0.2, -0.15) is 0 Å². The summed E-state index contributed by atoms with van der Waals surface area (Å²) in [7, 11) is 2.07. The van der Waals surface area contributed by atoms with Gasteiger partial charge in [-0.05, 0) is 37.2 Å². The van der Waals surface area contributed by atoms with Crippen LogP contribution in [0.3, 0.4) is 0 Å². The van der Waals surface area contributed by atoms with Crippen molar-refractivity contribution in [3.63, 3.8) is 0 Å². The number of nitrogens with zero attached hydrogens (tertiary/aromatic N) is 2. The summed E-state index contributed by atoms with van der Waals surface area (Å²) in [6.07, 6.45) is 4.86. The van der Waals surface area contributed by atoms with Crippen LogP contribution in [0.1, 0.15) is 23.7 Å². The summed E-state index contributed by atoms with van der Waals surface area (Å²) < 4.78 is 4.90. The standard InChI is InChI=1S/C19H22N2O2/c1-3-23-19(22)12-11-18-17(10-7-13-20-18)15-21(2)14-16-8-5-4-6-9-16/h4-13H,3,14-15H2,1-2H3/b12-11+. The molecule has 0 aliphatic rings. The zero-order chi connectivity index (χ0) is 16.5. The number of benzene rings is 1. The normalized spacial score (nSPS) is 11.1. The van der Waals surface area contributed by atoms with Gasteiger partial charge in [-0.25, -0.2) is 4.79 Å². The average Bonchev–Trinajstić information content (AvgIpc) is 2.55. The molecule has 2 rings (SSSR count). The van der Waals surface area contributed by atoms with E-state index in [-0.39, 0.29) is 5.97 Å². The van der Waals surface area contributed by atoms with E-state index < -0.39 is 0 Å². The molecule has 1 heterocycles.